The Hall–Kier alpha value is -3.32. The van der Waals surface area contributed by atoms with Gasteiger partial charge in [0.1, 0.15) is 17.5 Å². The number of hydrogen-bond acceptors (Lipinski definition) is 6. The maximum atomic E-state index is 12.9. The van der Waals surface area contributed by atoms with Crippen molar-refractivity contribution in [1.82, 2.24) is 14.8 Å². The fourth-order valence-electron chi connectivity index (χ4n) is 4.17. The van der Waals surface area contributed by atoms with E-state index < -0.39 is 0 Å². The summed E-state index contributed by atoms with van der Waals surface area (Å²) in [6.07, 6.45) is 2.17. The maximum Gasteiger partial charge on any atom is 0.226 e. The summed E-state index contributed by atoms with van der Waals surface area (Å²) in [6.45, 7) is 0. The Morgan fingerprint density at radius 2 is 1.77 bits per heavy atom. The highest BCUT2D eigenvalue weighted by Gasteiger charge is 2.36. The standard InChI is InChI=1S/C23H21ClN4O3/c1-30-16-10-14(11-17(12-16)31-2)22-26-23-25-18-4-3-5-19(29)20(18)21(28(23)27-22)13-6-8-15(24)9-7-13/h6-12,21H,3-5H2,1-2H3,(H,25,26,27)/t21-/m0/s1. The number of rotatable bonds is 4. The Balaban J connectivity index is 1.66. The van der Waals surface area contributed by atoms with Gasteiger partial charge in [-0.2, -0.15) is 4.98 Å². The van der Waals surface area contributed by atoms with Crippen LogP contribution in [0.3, 0.4) is 0 Å². The lowest BCUT2D eigenvalue weighted by Gasteiger charge is -2.32. The van der Waals surface area contributed by atoms with E-state index in [9.17, 15) is 4.79 Å². The van der Waals surface area contributed by atoms with Crippen LogP contribution in [-0.2, 0) is 4.79 Å². The number of Topliss-reactive ketones (excluding diaryl/α,β-unsaturated/α-hetero) is 1. The van der Waals surface area contributed by atoms with E-state index >= 15 is 0 Å². The third-order valence-corrected chi connectivity index (χ3v) is 5.92. The summed E-state index contributed by atoms with van der Waals surface area (Å²) >= 11 is 6.11. The molecule has 1 N–H and O–H groups in total. The van der Waals surface area contributed by atoms with Gasteiger partial charge in [0.25, 0.3) is 0 Å². The van der Waals surface area contributed by atoms with Crippen molar-refractivity contribution in [3.63, 3.8) is 0 Å². The summed E-state index contributed by atoms with van der Waals surface area (Å²) in [4.78, 5) is 17.7. The van der Waals surface area contributed by atoms with Gasteiger partial charge < -0.3 is 14.8 Å². The number of ether oxygens (including phenoxy) is 2. The van der Waals surface area contributed by atoms with Crippen LogP contribution in [0.5, 0.6) is 11.5 Å². The first kappa shape index (κ1) is 19.6. The number of fused-ring (bicyclic) bond motifs is 1. The van der Waals surface area contributed by atoms with Gasteiger partial charge in [-0.05, 0) is 42.7 Å². The molecule has 0 fully saturated rings. The number of carbonyl (C=O) groups is 1. The van der Waals surface area contributed by atoms with Crippen molar-refractivity contribution in [1.29, 1.82) is 0 Å². The number of hydrogen-bond donors (Lipinski definition) is 1. The molecular weight excluding hydrogens is 416 g/mol. The Bertz CT molecular complexity index is 1180. The van der Waals surface area contributed by atoms with Crippen LogP contribution in [0.15, 0.2) is 53.7 Å². The largest absolute Gasteiger partial charge is 0.497 e. The second kappa shape index (κ2) is 7.74. The fraction of sp³-hybridized carbons (Fsp3) is 0.261. The van der Waals surface area contributed by atoms with Crippen LogP contribution in [0.25, 0.3) is 11.4 Å². The van der Waals surface area contributed by atoms with Gasteiger partial charge >= 0.3 is 0 Å². The molecule has 1 aliphatic carbocycles. The normalized spacial score (nSPS) is 17.6. The SMILES string of the molecule is COc1cc(OC)cc(-c2nc3n(n2)[C@@H](c2ccc(Cl)cc2)C2=C(CCCC2=O)N3)c1. The lowest BCUT2D eigenvalue weighted by molar-refractivity contribution is -0.116. The van der Waals surface area contributed by atoms with E-state index in [4.69, 9.17) is 31.2 Å². The molecule has 0 bridgehead atoms. The highest BCUT2D eigenvalue weighted by Crippen LogP contribution is 2.41. The topological polar surface area (TPSA) is 78.3 Å². The smallest absolute Gasteiger partial charge is 0.226 e. The van der Waals surface area contributed by atoms with Crippen LogP contribution >= 0.6 is 11.6 Å². The highest BCUT2D eigenvalue weighted by molar-refractivity contribution is 6.30. The molecule has 0 saturated heterocycles. The molecule has 7 nitrogen and oxygen atoms in total. The number of methoxy groups -OCH3 is 2. The second-order valence-electron chi connectivity index (χ2n) is 7.55. The lowest BCUT2D eigenvalue weighted by Crippen LogP contribution is -2.31. The Labute approximate surface area is 184 Å². The summed E-state index contributed by atoms with van der Waals surface area (Å²) in [5, 5.41) is 8.78. The number of benzene rings is 2. The van der Waals surface area contributed by atoms with E-state index in [1.165, 1.54) is 0 Å². The average Bonchev–Trinajstić information content (AvgIpc) is 3.22. The first-order chi connectivity index (χ1) is 15.1. The van der Waals surface area contributed by atoms with Crippen LogP contribution in [0.4, 0.5) is 5.95 Å². The lowest BCUT2D eigenvalue weighted by atomic mass is 9.85. The van der Waals surface area contributed by atoms with Gasteiger partial charge in [-0.1, -0.05) is 23.7 Å². The molecule has 2 aliphatic rings. The first-order valence-corrected chi connectivity index (χ1v) is 10.4. The van der Waals surface area contributed by atoms with Gasteiger partial charge in [0.15, 0.2) is 11.6 Å². The minimum atomic E-state index is -0.356. The molecule has 158 valence electrons. The van der Waals surface area contributed by atoms with E-state index in [2.05, 4.69) is 5.32 Å². The summed E-state index contributed by atoms with van der Waals surface area (Å²) in [5.41, 5.74) is 3.38. The number of ketones is 1. The van der Waals surface area contributed by atoms with Crippen LogP contribution in [0.1, 0.15) is 30.9 Å². The van der Waals surface area contributed by atoms with Gasteiger partial charge in [-0.25, -0.2) is 4.68 Å². The zero-order valence-corrected chi connectivity index (χ0v) is 17.9. The molecule has 0 unspecified atom stereocenters. The van der Waals surface area contributed by atoms with E-state index in [0.717, 1.165) is 35.2 Å². The molecule has 5 rings (SSSR count). The second-order valence-corrected chi connectivity index (χ2v) is 7.99. The molecular formula is C23H21ClN4O3. The third kappa shape index (κ3) is 3.45. The number of anilines is 1. The molecule has 0 spiro atoms. The minimum Gasteiger partial charge on any atom is -0.497 e. The molecule has 0 saturated carbocycles. The molecule has 1 aromatic heterocycles. The number of allylic oxidation sites excluding steroid dienone is 2. The van der Waals surface area contributed by atoms with Crippen molar-refractivity contribution in [3.05, 3.63) is 64.3 Å². The molecule has 3 aromatic rings. The van der Waals surface area contributed by atoms with Gasteiger partial charge in [0.2, 0.25) is 5.95 Å². The van der Waals surface area contributed by atoms with Gasteiger partial charge in [-0.3, -0.25) is 4.79 Å². The Morgan fingerprint density at radius 3 is 2.45 bits per heavy atom. The van der Waals surface area contributed by atoms with E-state index in [0.29, 0.717) is 34.7 Å². The minimum absolute atomic E-state index is 0.138. The Kier molecular flexibility index (Phi) is 4.90. The number of aromatic nitrogens is 3. The summed E-state index contributed by atoms with van der Waals surface area (Å²) in [7, 11) is 3.21. The van der Waals surface area contributed by atoms with E-state index in [-0.39, 0.29) is 11.8 Å². The Morgan fingerprint density at radius 1 is 1.06 bits per heavy atom. The van der Waals surface area contributed by atoms with Crippen LogP contribution in [0, 0.1) is 0 Å². The monoisotopic (exact) mass is 436 g/mol. The van der Waals surface area contributed by atoms with Crippen molar-refractivity contribution in [2.75, 3.05) is 19.5 Å². The molecule has 8 heteroatoms. The molecule has 2 aromatic carbocycles. The predicted molar refractivity (Wildman–Crippen MR) is 118 cm³/mol. The van der Waals surface area contributed by atoms with Gasteiger partial charge in [0, 0.05) is 34.3 Å². The maximum absolute atomic E-state index is 12.9. The van der Waals surface area contributed by atoms with Crippen molar-refractivity contribution < 1.29 is 14.3 Å². The van der Waals surface area contributed by atoms with Crippen molar-refractivity contribution in [2.45, 2.75) is 25.3 Å². The van der Waals surface area contributed by atoms with Crippen molar-refractivity contribution in [2.24, 2.45) is 0 Å². The summed E-state index contributed by atoms with van der Waals surface area (Å²) in [5.74, 6) is 2.56. The molecule has 31 heavy (non-hydrogen) atoms. The zero-order valence-electron chi connectivity index (χ0n) is 17.2. The molecule has 2 heterocycles. The van der Waals surface area contributed by atoms with Crippen molar-refractivity contribution in [3.8, 4) is 22.9 Å². The number of halogens is 1. The molecule has 1 atom stereocenters. The van der Waals surface area contributed by atoms with Crippen molar-refractivity contribution >= 4 is 23.3 Å². The molecule has 0 radical (unpaired) electrons. The van der Waals surface area contributed by atoms with Crippen LogP contribution in [-0.4, -0.2) is 34.8 Å². The fourth-order valence-corrected chi connectivity index (χ4v) is 4.29. The molecule has 1 aliphatic heterocycles. The highest BCUT2D eigenvalue weighted by atomic mass is 35.5. The predicted octanol–water partition coefficient (Wildman–Crippen LogP) is 4.64. The quantitative estimate of drug-likeness (QED) is 0.642. The number of nitrogens with zero attached hydrogens (tertiary/aromatic N) is 3. The van der Waals surface area contributed by atoms with E-state index in [1.807, 2.05) is 36.4 Å². The van der Waals surface area contributed by atoms with Crippen LogP contribution < -0.4 is 14.8 Å². The first-order valence-electron chi connectivity index (χ1n) is 10.1. The zero-order chi connectivity index (χ0) is 21.5. The van der Waals surface area contributed by atoms with E-state index in [1.54, 1.807) is 25.0 Å². The van der Waals surface area contributed by atoms with Crippen LogP contribution in [0.2, 0.25) is 5.02 Å². The summed E-state index contributed by atoms with van der Waals surface area (Å²) in [6, 6.07) is 12.7. The number of carbonyl (C=O) groups excluding carboxylic acids is 1. The van der Waals surface area contributed by atoms with Gasteiger partial charge in [-0.15, -0.1) is 5.10 Å². The average molecular weight is 437 g/mol. The van der Waals surface area contributed by atoms with Gasteiger partial charge in [0.05, 0.1) is 14.2 Å². The summed E-state index contributed by atoms with van der Waals surface area (Å²) < 4.78 is 12.6. The third-order valence-electron chi connectivity index (χ3n) is 5.66. The molecule has 0 amide bonds. The number of nitrogens with one attached hydrogen (secondary N) is 1.